The van der Waals surface area contributed by atoms with Crippen LogP contribution in [0.3, 0.4) is 0 Å². The molecule has 6 nitrogen and oxygen atoms in total. The second-order valence-corrected chi connectivity index (χ2v) is 16.5. The predicted octanol–water partition coefficient (Wildman–Crippen LogP) is 16.6. The van der Waals surface area contributed by atoms with Crippen molar-refractivity contribution in [3.05, 3.63) is 97.2 Å². The van der Waals surface area contributed by atoms with Gasteiger partial charge in [0.05, 0.1) is 0 Å². The van der Waals surface area contributed by atoms with Crippen molar-refractivity contribution in [2.45, 2.75) is 226 Å². The first-order valence-electron chi connectivity index (χ1n) is 25.3. The number of esters is 3. The summed E-state index contributed by atoms with van der Waals surface area (Å²) in [7, 11) is 0. The molecule has 6 heteroatoms. The van der Waals surface area contributed by atoms with Crippen LogP contribution < -0.4 is 0 Å². The fraction of sp³-hybridized carbons (Fsp3) is 0.661. The van der Waals surface area contributed by atoms with Gasteiger partial charge in [-0.1, -0.05) is 227 Å². The molecule has 0 aromatic rings. The average molecular weight is 861 g/mol. The lowest BCUT2D eigenvalue weighted by molar-refractivity contribution is -0.167. The van der Waals surface area contributed by atoms with Crippen LogP contribution in [0, 0.1) is 0 Å². The summed E-state index contributed by atoms with van der Waals surface area (Å²) in [5.74, 6) is -0.953. The van der Waals surface area contributed by atoms with Crippen LogP contribution >= 0.6 is 0 Å². The number of hydrogen-bond acceptors (Lipinski definition) is 6. The zero-order valence-corrected chi connectivity index (χ0v) is 40.1. The Labute approximate surface area is 381 Å². The zero-order valence-electron chi connectivity index (χ0n) is 40.1. The van der Waals surface area contributed by atoms with Gasteiger partial charge in [0.1, 0.15) is 13.2 Å². The number of unbranched alkanes of at least 4 members (excludes halogenated alkanes) is 22. The van der Waals surface area contributed by atoms with E-state index in [2.05, 4.69) is 57.2 Å². The predicted molar refractivity (Wildman–Crippen MR) is 265 cm³/mol. The van der Waals surface area contributed by atoms with Gasteiger partial charge in [-0.15, -0.1) is 0 Å². The number of carbonyl (C=O) groups excluding carboxylic acids is 3. The Bertz CT molecular complexity index is 1260. The van der Waals surface area contributed by atoms with Gasteiger partial charge in [-0.25, -0.2) is 0 Å². The summed E-state index contributed by atoms with van der Waals surface area (Å²) in [6.45, 7) is 6.40. The van der Waals surface area contributed by atoms with E-state index >= 15 is 0 Å². The highest BCUT2D eigenvalue weighted by molar-refractivity contribution is 5.71. The molecule has 352 valence electrons. The third kappa shape index (κ3) is 47.4. The Morgan fingerprint density at radius 3 is 1.16 bits per heavy atom. The second kappa shape index (κ2) is 50.0. The van der Waals surface area contributed by atoms with E-state index in [1.165, 1.54) is 96.3 Å². The maximum Gasteiger partial charge on any atom is 0.306 e. The molecule has 0 saturated carbocycles. The molecule has 0 N–H and O–H groups in total. The van der Waals surface area contributed by atoms with Gasteiger partial charge in [-0.2, -0.15) is 0 Å². The standard InChI is InChI=1S/C56H92O6/c1-4-7-10-13-16-19-22-24-26-28-30-32-34-37-40-43-46-49-55(58)61-52-53(51-60-54(57)48-45-42-39-36-21-18-15-12-9-6-3)62-56(59)50-47-44-41-38-35-33-31-29-27-25-23-20-17-14-11-8-5-2/h7,10,13,16-17,19-20,22,24-28,30,32,34,53H,4-6,8-9,11-12,14-15,18,21,23,29,31,33,35-52H2,1-3H3/b10-7-,16-13-,20-17-,22-19-,26-24-,27-25-,30-28+,34-32-. The number of allylic oxidation sites excluding steroid dienone is 16. The summed E-state index contributed by atoms with van der Waals surface area (Å²) in [6.07, 6.45) is 65.3. The van der Waals surface area contributed by atoms with Crippen molar-refractivity contribution in [3.8, 4) is 0 Å². The Morgan fingerprint density at radius 2 is 0.694 bits per heavy atom. The van der Waals surface area contributed by atoms with Crippen LogP contribution in [0.25, 0.3) is 0 Å². The molecule has 1 unspecified atom stereocenters. The number of carbonyl (C=O) groups is 3. The summed E-state index contributed by atoms with van der Waals surface area (Å²) in [6, 6.07) is 0. The third-order valence-corrected chi connectivity index (χ3v) is 10.5. The summed E-state index contributed by atoms with van der Waals surface area (Å²) < 4.78 is 16.7. The first-order valence-corrected chi connectivity index (χ1v) is 25.3. The monoisotopic (exact) mass is 861 g/mol. The van der Waals surface area contributed by atoms with E-state index in [-0.39, 0.29) is 31.1 Å². The molecule has 0 bridgehead atoms. The number of hydrogen-bond donors (Lipinski definition) is 0. The minimum atomic E-state index is -0.798. The van der Waals surface area contributed by atoms with Gasteiger partial charge in [0.2, 0.25) is 0 Å². The van der Waals surface area contributed by atoms with E-state index in [0.717, 1.165) is 83.5 Å². The highest BCUT2D eigenvalue weighted by atomic mass is 16.6. The van der Waals surface area contributed by atoms with E-state index in [1.54, 1.807) is 0 Å². The van der Waals surface area contributed by atoms with Gasteiger partial charge >= 0.3 is 17.9 Å². The molecule has 0 rings (SSSR count). The smallest absolute Gasteiger partial charge is 0.306 e. The normalized spacial score (nSPS) is 12.9. The van der Waals surface area contributed by atoms with Gasteiger partial charge in [-0.05, 0) is 70.6 Å². The van der Waals surface area contributed by atoms with Crippen LogP contribution in [0.5, 0.6) is 0 Å². The van der Waals surface area contributed by atoms with Crippen molar-refractivity contribution in [2.24, 2.45) is 0 Å². The molecule has 0 saturated heterocycles. The van der Waals surface area contributed by atoms with Crippen molar-refractivity contribution < 1.29 is 28.6 Å². The SMILES string of the molecule is CC\C=C/C=C\C=C/C=C\C=C\C=C/CCCCCC(=O)OCC(COC(=O)CCCCCCCCCCCC)OC(=O)CCCCCCCCC/C=C\C/C=C\CCCCC. The second-order valence-electron chi connectivity index (χ2n) is 16.5. The minimum Gasteiger partial charge on any atom is -0.462 e. The van der Waals surface area contributed by atoms with Crippen molar-refractivity contribution in [1.82, 2.24) is 0 Å². The van der Waals surface area contributed by atoms with Crippen molar-refractivity contribution in [3.63, 3.8) is 0 Å². The molecule has 0 aliphatic rings. The van der Waals surface area contributed by atoms with Crippen LogP contribution in [-0.4, -0.2) is 37.2 Å². The average Bonchev–Trinajstić information content (AvgIpc) is 3.27. The fourth-order valence-corrected chi connectivity index (χ4v) is 6.68. The molecular weight excluding hydrogens is 769 g/mol. The van der Waals surface area contributed by atoms with Crippen LogP contribution in [-0.2, 0) is 28.6 Å². The highest BCUT2D eigenvalue weighted by Crippen LogP contribution is 2.14. The summed E-state index contributed by atoms with van der Waals surface area (Å²) in [5, 5.41) is 0. The van der Waals surface area contributed by atoms with Crippen LogP contribution in [0.4, 0.5) is 0 Å². The maximum absolute atomic E-state index is 12.8. The lowest BCUT2D eigenvalue weighted by atomic mass is 10.1. The third-order valence-electron chi connectivity index (χ3n) is 10.5. The first-order chi connectivity index (χ1) is 30.5. The topological polar surface area (TPSA) is 78.9 Å². The molecule has 0 fully saturated rings. The van der Waals surface area contributed by atoms with Gasteiger partial charge < -0.3 is 14.2 Å². The zero-order chi connectivity index (χ0) is 45.1. The molecule has 0 aromatic carbocycles. The molecule has 0 aliphatic heterocycles. The molecule has 0 amide bonds. The van der Waals surface area contributed by atoms with Gasteiger partial charge in [0.15, 0.2) is 6.10 Å². The number of rotatable bonds is 44. The summed E-state index contributed by atoms with van der Waals surface area (Å²) >= 11 is 0. The molecule has 1 atom stereocenters. The maximum atomic E-state index is 12.8. The van der Waals surface area contributed by atoms with Crippen LogP contribution in [0.2, 0.25) is 0 Å². The van der Waals surface area contributed by atoms with Crippen molar-refractivity contribution in [2.75, 3.05) is 13.2 Å². The molecule has 0 aromatic heterocycles. The van der Waals surface area contributed by atoms with Crippen molar-refractivity contribution in [1.29, 1.82) is 0 Å². The Kier molecular flexibility index (Phi) is 47.0. The van der Waals surface area contributed by atoms with E-state index in [4.69, 9.17) is 14.2 Å². The molecule has 0 radical (unpaired) electrons. The van der Waals surface area contributed by atoms with E-state index in [9.17, 15) is 14.4 Å². The number of ether oxygens (including phenoxy) is 3. The minimum absolute atomic E-state index is 0.0951. The highest BCUT2D eigenvalue weighted by Gasteiger charge is 2.19. The molecule has 0 heterocycles. The molecule has 62 heavy (non-hydrogen) atoms. The molecular formula is C56H92O6. The summed E-state index contributed by atoms with van der Waals surface area (Å²) in [5.41, 5.74) is 0. The van der Waals surface area contributed by atoms with Gasteiger partial charge in [0.25, 0.3) is 0 Å². The molecule has 0 spiro atoms. The van der Waals surface area contributed by atoms with Crippen LogP contribution in [0.1, 0.15) is 220 Å². The largest absolute Gasteiger partial charge is 0.462 e. The Morgan fingerprint density at radius 1 is 0.355 bits per heavy atom. The van der Waals surface area contributed by atoms with E-state index < -0.39 is 6.10 Å². The fourth-order valence-electron chi connectivity index (χ4n) is 6.68. The lowest BCUT2D eigenvalue weighted by Gasteiger charge is -2.18. The van der Waals surface area contributed by atoms with E-state index in [1.807, 2.05) is 60.8 Å². The van der Waals surface area contributed by atoms with Gasteiger partial charge in [-0.3, -0.25) is 14.4 Å². The lowest BCUT2D eigenvalue weighted by Crippen LogP contribution is -2.30. The van der Waals surface area contributed by atoms with E-state index in [0.29, 0.717) is 19.3 Å². The Balaban J connectivity index is 4.47. The Hall–Kier alpha value is -3.67. The molecule has 0 aliphatic carbocycles. The van der Waals surface area contributed by atoms with Crippen LogP contribution in [0.15, 0.2) is 97.2 Å². The summed E-state index contributed by atoms with van der Waals surface area (Å²) in [4.78, 5) is 37.9. The van der Waals surface area contributed by atoms with Crippen molar-refractivity contribution >= 4 is 17.9 Å². The van der Waals surface area contributed by atoms with Gasteiger partial charge in [0, 0.05) is 19.3 Å². The first kappa shape index (κ1) is 58.3. The quantitative estimate of drug-likeness (QED) is 0.0200.